The Balaban J connectivity index is 2.85. The third-order valence-electron chi connectivity index (χ3n) is 1.98. The lowest BCUT2D eigenvalue weighted by atomic mass is 10.00. The van der Waals surface area contributed by atoms with Gasteiger partial charge in [-0.2, -0.15) is 0 Å². The summed E-state index contributed by atoms with van der Waals surface area (Å²) in [5, 5.41) is 0. The van der Waals surface area contributed by atoms with E-state index in [1.807, 2.05) is 18.2 Å². The van der Waals surface area contributed by atoms with Crippen molar-refractivity contribution in [2.45, 2.75) is 27.2 Å². The van der Waals surface area contributed by atoms with Crippen molar-refractivity contribution < 1.29 is 4.79 Å². The molecule has 0 radical (unpaired) electrons. The molecule has 0 saturated heterocycles. The van der Waals surface area contributed by atoms with Gasteiger partial charge in [-0.05, 0) is 30.9 Å². The SMILES string of the molecule is CC(=O)c1cccc(CC(C)C)c1. The van der Waals surface area contributed by atoms with E-state index in [2.05, 4.69) is 19.9 Å². The smallest absolute Gasteiger partial charge is 0.159 e. The van der Waals surface area contributed by atoms with E-state index in [1.54, 1.807) is 6.92 Å². The largest absolute Gasteiger partial charge is 0.295 e. The number of ketones is 1. The summed E-state index contributed by atoms with van der Waals surface area (Å²) in [5.74, 6) is 0.785. The van der Waals surface area contributed by atoms with Crippen molar-refractivity contribution in [1.29, 1.82) is 0 Å². The minimum Gasteiger partial charge on any atom is -0.295 e. The maximum Gasteiger partial charge on any atom is 0.159 e. The summed E-state index contributed by atoms with van der Waals surface area (Å²) >= 11 is 0. The second-order valence-corrected chi connectivity index (χ2v) is 3.85. The minimum atomic E-state index is 0.144. The van der Waals surface area contributed by atoms with E-state index in [4.69, 9.17) is 0 Å². The highest BCUT2D eigenvalue weighted by atomic mass is 16.1. The van der Waals surface area contributed by atoms with Crippen LogP contribution >= 0.6 is 0 Å². The Morgan fingerprint density at radius 2 is 2.08 bits per heavy atom. The van der Waals surface area contributed by atoms with Crippen LogP contribution in [0.3, 0.4) is 0 Å². The first-order valence-corrected chi connectivity index (χ1v) is 4.69. The minimum absolute atomic E-state index is 0.144. The third-order valence-corrected chi connectivity index (χ3v) is 1.98. The molecule has 0 amide bonds. The van der Waals surface area contributed by atoms with Crippen LogP contribution in [0.15, 0.2) is 24.3 Å². The molecule has 0 heterocycles. The summed E-state index contributed by atoms with van der Waals surface area (Å²) in [6.45, 7) is 5.97. The van der Waals surface area contributed by atoms with Gasteiger partial charge in [-0.1, -0.05) is 32.0 Å². The molecule has 0 unspecified atom stereocenters. The summed E-state index contributed by atoms with van der Waals surface area (Å²) in [5.41, 5.74) is 2.07. The van der Waals surface area contributed by atoms with E-state index >= 15 is 0 Å². The van der Waals surface area contributed by atoms with Gasteiger partial charge in [0.05, 0.1) is 0 Å². The number of hydrogen-bond donors (Lipinski definition) is 0. The van der Waals surface area contributed by atoms with E-state index in [9.17, 15) is 4.79 Å². The van der Waals surface area contributed by atoms with Crippen LogP contribution < -0.4 is 0 Å². The van der Waals surface area contributed by atoms with Gasteiger partial charge in [0.15, 0.2) is 5.78 Å². The van der Waals surface area contributed by atoms with Crippen molar-refractivity contribution >= 4 is 5.78 Å². The predicted octanol–water partition coefficient (Wildman–Crippen LogP) is 3.09. The molecule has 1 rings (SSSR count). The Hall–Kier alpha value is -1.11. The molecule has 0 fully saturated rings. The number of rotatable bonds is 3. The second-order valence-electron chi connectivity index (χ2n) is 3.85. The van der Waals surface area contributed by atoms with Gasteiger partial charge in [0.25, 0.3) is 0 Å². The van der Waals surface area contributed by atoms with Crippen LogP contribution in [0.5, 0.6) is 0 Å². The lowest BCUT2D eigenvalue weighted by Gasteiger charge is -2.05. The molecule has 0 saturated carbocycles. The van der Waals surface area contributed by atoms with Crippen LogP contribution in [0, 0.1) is 5.92 Å². The Bertz CT molecular complexity index is 300. The van der Waals surface area contributed by atoms with Crippen LogP contribution in [0.25, 0.3) is 0 Å². The van der Waals surface area contributed by atoms with Crippen molar-refractivity contribution in [3.63, 3.8) is 0 Å². The highest BCUT2D eigenvalue weighted by molar-refractivity contribution is 5.94. The summed E-state index contributed by atoms with van der Waals surface area (Å²) in [6, 6.07) is 7.88. The Kier molecular flexibility index (Phi) is 3.24. The maximum atomic E-state index is 11.1. The molecule has 0 aromatic heterocycles. The number of hydrogen-bond acceptors (Lipinski definition) is 1. The molecular weight excluding hydrogens is 160 g/mol. The van der Waals surface area contributed by atoms with Crippen LogP contribution in [0.2, 0.25) is 0 Å². The highest BCUT2D eigenvalue weighted by Gasteiger charge is 2.01. The summed E-state index contributed by atoms with van der Waals surface area (Å²) < 4.78 is 0. The van der Waals surface area contributed by atoms with Gasteiger partial charge in [-0.15, -0.1) is 0 Å². The van der Waals surface area contributed by atoms with Gasteiger partial charge in [-0.25, -0.2) is 0 Å². The second kappa shape index (κ2) is 4.22. The molecule has 13 heavy (non-hydrogen) atoms. The summed E-state index contributed by atoms with van der Waals surface area (Å²) in [7, 11) is 0. The van der Waals surface area contributed by atoms with E-state index in [0.717, 1.165) is 12.0 Å². The predicted molar refractivity (Wildman–Crippen MR) is 55.0 cm³/mol. The fourth-order valence-corrected chi connectivity index (χ4v) is 1.39. The zero-order chi connectivity index (χ0) is 9.84. The standard InChI is InChI=1S/C12H16O/c1-9(2)7-11-5-4-6-12(8-11)10(3)13/h4-6,8-9H,7H2,1-3H3. The molecular formula is C12H16O. The fourth-order valence-electron chi connectivity index (χ4n) is 1.39. The Morgan fingerprint density at radius 1 is 1.38 bits per heavy atom. The Morgan fingerprint density at radius 3 is 2.62 bits per heavy atom. The fraction of sp³-hybridized carbons (Fsp3) is 0.417. The van der Waals surface area contributed by atoms with Gasteiger partial charge >= 0.3 is 0 Å². The number of carbonyl (C=O) groups excluding carboxylic acids is 1. The number of Topliss-reactive ketones (excluding diaryl/α,β-unsaturated/α-hetero) is 1. The molecule has 1 aromatic rings. The van der Waals surface area contributed by atoms with Crippen molar-refractivity contribution in [2.24, 2.45) is 5.92 Å². The molecule has 0 aliphatic carbocycles. The zero-order valence-electron chi connectivity index (χ0n) is 8.50. The normalized spacial score (nSPS) is 10.5. The van der Waals surface area contributed by atoms with Gasteiger partial charge in [0, 0.05) is 5.56 Å². The van der Waals surface area contributed by atoms with Gasteiger partial charge < -0.3 is 0 Å². The molecule has 1 heteroatoms. The van der Waals surface area contributed by atoms with E-state index in [0.29, 0.717) is 5.92 Å². The number of benzene rings is 1. The number of carbonyl (C=O) groups is 1. The first-order chi connectivity index (χ1) is 6.09. The van der Waals surface area contributed by atoms with E-state index < -0.39 is 0 Å². The van der Waals surface area contributed by atoms with Crippen molar-refractivity contribution in [3.8, 4) is 0 Å². The molecule has 0 spiro atoms. The van der Waals surface area contributed by atoms with Crippen LogP contribution in [-0.4, -0.2) is 5.78 Å². The molecule has 1 aromatic carbocycles. The van der Waals surface area contributed by atoms with Crippen molar-refractivity contribution in [2.75, 3.05) is 0 Å². The highest BCUT2D eigenvalue weighted by Crippen LogP contribution is 2.10. The van der Waals surface area contributed by atoms with Crippen molar-refractivity contribution in [1.82, 2.24) is 0 Å². The Labute approximate surface area is 79.8 Å². The van der Waals surface area contributed by atoms with Crippen LogP contribution in [0.4, 0.5) is 0 Å². The quantitative estimate of drug-likeness (QED) is 0.647. The molecule has 0 aliphatic heterocycles. The van der Waals surface area contributed by atoms with Gasteiger partial charge in [0.2, 0.25) is 0 Å². The van der Waals surface area contributed by atoms with Crippen LogP contribution in [0.1, 0.15) is 36.7 Å². The van der Waals surface area contributed by atoms with Crippen molar-refractivity contribution in [3.05, 3.63) is 35.4 Å². The topological polar surface area (TPSA) is 17.1 Å². The molecule has 1 nitrogen and oxygen atoms in total. The average Bonchev–Trinajstić information content (AvgIpc) is 2.03. The average molecular weight is 176 g/mol. The monoisotopic (exact) mass is 176 g/mol. The third kappa shape index (κ3) is 3.02. The van der Waals surface area contributed by atoms with E-state index in [-0.39, 0.29) is 5.78 Å². The maximum absolute atomic E-state index is 11.1. The van der Waals surface area contributed by atoms with Crippen LogP contribution in [-0.2, 0) is 6.42 Å². The lowest BCUT2D eigenvalue weighted by molar-refractivity contribution is 0.101. The summed E-state index contributed by atoms with van der Waals surface area (Å²) in [4.78, 5) is 11.1. The molecule has 0 bridgehead atoms. The molecule has 70 valence electrons. The lowest BCUT2D eigenvalue weighted by Crippen LogP contribution is -1.97. The molecule has 0 N–H and O–H groups in total. The first kappa shape index (κ1) is 9.97. The van der Waals surface area contributed by atoms with E-state index in [1.165, 1.54) is 5.56 Å². The van der Waals surface area contributed by atoms with Gasteiger partial charge in [-0.3, -0.25) is 4.79 Å². The first-order valence-electron chi connectivity index (χ1n) is 4.69. The molecule has 0 atom stereocenters. The zero-order valence-corrected chi connectivity index (χ0v) is 8.50. The molecule has 0 aliphatic rings. The van der Waals surface area contributed by atoms with Gasteiger partial charge in [0.1, 0.15) is 0 Å². The summed E-state index contributed by atoms with van der Waals surface area (Å²) in [6.07, 6.45) is 1.04.